The van der Waals surface area contributed by atoms with Crippen LogP contribution < -0.4 is 11.1 Å². The molecule has 0 heterocycles. The van der Waals surface area contributed by atoms with E-state index in [1.807, 2.05) is 0 Å². The fourth-order valence-electron chi connectivity index (χ4n) is 1.57. The minimum absolute atomic E-state index is 0.0123. The van der Waals surface area contributed by atoms with E-state index >= 15 is 0 Å². The van der Waals surface area contributed by atoms with E-state index in [9.17, 15) is 14.7 Å². The van der Waals surface area contributed by atoms with Crippen LogP contribution in [0, 0.1) is 0 Å². The van der Waals surface area contributed by atoms with E-state index in [0.29, 0.717) is 21.3 Å². The second kappa shape index (κ2) is 5.75. The summed E-state index contributed by atoms with van der Waals surface area (Å²) in [4.78, 5) is 22.9. The van der Waals surface area contributed by atoms with Crippen LogP contribution in [0.4, 0.5) is 5.69 Å². The lowest BCUT2D eigenvalue weighted by Gasteiger charge is -2.06. The molecule has 0 bridgehead atoms. The number of benzene rings is 2. The molecule has 0 saturated carbocycles. The summed E-state index contributed by atoms with van der Waals surface area (Å²) >= 11 is 3.14. The van der Waals surface area contributed by atoms with Gasteiger partial charge >= 0.3 is 0 Å². The predicted molar refractivity (Wildman–Crippen MR) is 78.7 cm³/mol. The number of halogens is 1. The molecule has 4 N–H and O–H groups in total. The summed E-state index contributed by atoms with van der Waals surface area (Å²) in [6, 6.07) is 10.7. The Bertz CT molecular complexity index is 669. The highest BCUT2D eigenvalue weighted by atomic mass is 79.9. The van der Waals surface area contributed by atoms with Crippen LogP contribution in [0.1, 0.15) is 20.7 Å². The first-order valence-corrected chi connectivity index (χ1v) is 6.46. The van der Waals surface area contributed by atoms with Crippen LogP contribution in [0.15, 0.2) is 46.9 Å². The number of phenolic OH excluding ortho intramolecular Hbond substituents is 1. The van der Waals surface area contributed by atoms with Gasteiger partial charge in [-0.1, -0.05) is 0 Å². The van der Waals surface area contributed by atoms with Crippen LogP contribution in [-0.4, -0.2) is 16.9 Å². The molecule has 0 spiro atoms. The third-order valence-electron chi connectivity index (χ3n) is 2.64. The highest BCUT2D eigenvalue weighted by molar-refractivity contribution is 9.10. The highest BCUT2D eigenvalue weighted by Gasteiger charge is 2.09. The van der Waals surface area contributed by atoms with Gasteiger partial charge in [-0.25, -0.2) is 0 Å². The van der Waals surface area contributed by atoms with Gasteiger partial charge in [-0.2, -0.15) is 0 Å². The van der Waals surface area contributed by atoms with Crippen molar-refractivity contribution in [1.82, 2.24) is 0 Å². The number of nitrogens with two attached hydrogens (primary N) is 1. The van der Waals surface area contributed by atoms with Gasteiger partial charge < -0.3 is 16.2 Å². The van der Waals surface area contributed by atoms with Crippen molar-refractivity contribution in [3.8, 4) is 5.75 Å². The average Bonchev–Trinajstić information content (AvgIpc) is 2.42. The minimum atomic E-state index is -0.527. The number of phenols is 1. The minimum Gasteiger partial charge on any atom is -0.507 e. The molecule has 5 nitrogen and oxygen atoms in total. The Morgan fingerprint density at radius 3 is 2.20 bits per heavy atom. The number of rotatable bonds is 3. The smallest absolute Gasteiger partial charge is 0.255 e. The van der Waals surface area contributed by atoms with E-state index in [0.717, 1.165) is 0 Å². The van der Waals surface area contributed by atoms with E-state index in [1.54, 1.807) is 24.3 Å². The van der Waals surface area contributed by atoms with Crippen LogP contribution >= 0.6 is 15.9 Å². The normalized spacial score (nSPS) is 10.1. The zero-order chi connectivity index (χ0) is 14.7. The molecule has 2 amide bonds. The number of hydrogen-bond donors (Lipinski definition) is 3. The van der Waals surface area contributed by atoms with E-state index in [1.165, 1.54) is 18.2 Å². The van der Waals surface area contributed by atoms with Gasteiger partial charge in [0.1, 0.15) is 5.75 Å². The maximum atomic E-state index is 12.0. The van der Waals surface area contributed by atoms with Crippen molar-refractivity contribution >= 4 is 33.4 Å². The van der Waals surface area contributed by atoms with Crippen molar-refractivity contribution in [2.24, 2.45) is 5.73 Å². The molecule has 20 heavy (non-hydrogen) atoms. The van der Waals surface area contributed by atoms with Gasteiger partial charge in [0.15, 0.2) is 0 Å². The van der Waals surface area contributed by atoms with Crippen molar-refractivity contribution in [3.63, 3.8) is 0 Å². The number of carbonyl (C=O) groups is 2. The summed E-state index contributed by atoms with van der Waals surface area (Å²) in [5, 5.41) is 12.2. The Morgan fingerprint density at radius 2 is 1.65 bits per heavy atom. The zero-order valence-corrected chi connectivity index (χ0v) is 11.8. The predicted octanol–water partition coefficient (Wildman–Crippen LogP) is 2.51. The maximum absolute atomic E-state index is 12.0. The van der Waals surface area contributed by atoms with Crippen molar-refractivity contribution in [2.75, 3.05) is 5.32 Å². The summed E-state index contributed by atoms with van der Waals surface area (Å²) in [5.74, 6) is -0.901. The Balaban J connectivity index is 2.14. The number of aromatic hydroxyl groups is 1. The molecule has 2 aromatic carbocycles. The Morgan fingerprint density at radius 1 is 1.05 bits per heavy atom. The molecular weight excluding hydrogens is 324 g/mol. The zero-order valence-electron chi connectivity index (χ0n) is 10.3. The molecule has 0 atom stereocenters. The molecule has 2 rings (SSSR count). The highest BCUT2D eigenvalue weighted by Crippen LogP contribution is 2.24. The average molecular weight is 335 g/mol. The largest absolute Gasteiger partial charge is 0.507 e. The third kappa shape index (κ3) is 3.16. The molecule has 0 aromatic heterocycles. The molecule has 0 aliphatic rings. The molecule has 6 heteroatoms. The van der Waals surface area contributed by atoms with Gasteiger partial charge in [0.2, 0.25) is 5.91 Å². The van der Waals surface area contributed by atoms with Gasteiger partial charge in [-0.3, -0.25) is 9.59 Å². The lowest BCUT2D eigenvalue weighted by Crippen LogP contribution is -2.13. The first-order chi connectivity index (χ1) is 9.47. The first kappa shape index (κ1) is 14.1. The maximum Gasteiger partial charge on any atom is 0.255 e. The molecule has 102 valence electrons. The van der Waals surface area contributed by atoms with Crippen molar-refractivity contribution in [3.05, 3.63) is 58.1 Å². The summed E-state index contributed by atoms with van der Waals surface area (Å²) in [6.07, 6.45) is 0. The molecule has 0 fully saturated rings. The van der Waals surface area contributed by atoms with Crippen molar-refractivity contribution < 1.29 is 14.7 Å². The van der Waals surface area contributed by atoms with Gasteiger partial charge in [0.25, 0.3) is 5.91 Å². The number of carbonyl (C=O) groups excluding carboxylic acids is 2. The quantitative estimate of drug-likeness (QED) is 0.805. The van der Waals surface area contributed by atoms with Crippen LogP contribution in [0.25, 0.3) is 0 Å². The Kier molecular flexibility index (Phi) is 4.05. The van der Waals surface area contributed by atoms with Crippen LogP contribution in [0.2, 0.25) is 0 Å². The van der Waals surface area contributed by atoms with Crippen LogP contribution in [-0.2, 0) is 0 Å². The topological polar surface area (TPSA) is 92.4 Å². The molecule has 0 saturated heterocycles. The van der Waals surface area contributed by atoms with Crippen molar-refractivity contribution in [2.45, 2.75) is 0 Å². The summed E-state index contributed by atoms with van der Waals surface area (Å²) in [5.41, 5.74) is 6.35. The molecule has 0 unspecified atom stereocenters. The standard InChI is InChI=1S/C14H11BrN2O3/c15-11-6-3-9(7-12(11)18)14(20)17-10-4-1-8(2-5-10)13(16)19/h1-7,18H,(H2,16,19)(H,17,20). The van der Waals surface area contributed by atoms with Gasteiger partial charge in [-0.15, -0.1) is 0 Å². The lowest BCUT2D eigenvalue weighted by molar-refractivity contribution is 0.0998. The summed E-state index contributed by atoms with van der Waals surface area (Å²) in [6.45, 7) is 0. The van der Waals surface area contributed by atoms with Gasteiger partial charge in [0.05, 0.1) is 4.47 Å². The first-order valence-electron chi connectivity index (χ1n) is 5.67. The van der Waals surface area contributed by atoms with E-state index < -0.39 is 5.91 Å². The number of amides is 2. The number of nitrogens with one attached hydrogen (secondary N) is 1. The Hall–Kier alpha value is -2.34. The number of primary amides is 1. The summed E-state index contributed by atoms with van der Waals surface area (Å²) < 4.78 is 0.514. The summed E-state index contributed by atoms with van der Waals surface area (Å²) in [7, 11) is 0. The van der Waals surface area contributed by atoms with Crippen molar-refractivity contribution in [1.29, 1.82) is 0 Å². The van der Waals surface area contributed by atoms with E-state index in [4.69, 9.17) is 5.73 Å². The molecule has 2 aromatic rings. The van der Waals surface area contributed by atoms with Gasteiger partial charge in [-0.05, 0) is 58.4 Å². The second-order valence-corrected chi connectivity index (χ2v) is 4.92. The Labute approximate surface area is 123 Å². The van der Waals surface area contributed by atoms with E-state index in [-0.39, 0.29) is 11.7 Å². The SMILES string of the molecule is NC(=O)c1ccc(NC(=O)c2ccc(Br)c(O)c2)cc1. The monoisotopic (exact) mass is 334 g/mol. The lowest BCUT2D eigenvalue weighted by atomic mass is 10.1. The fourth-order valence-corrected chi connectivity index (χ4v) is 1.82. The molecule has 0 radical (unpaired) electrons. The number of hydrogen-bond acceptors (Lipinski definition) is 3. The third-order valence-corrected chi connectivity index (χ3v) is 3.31. The molecular formula is C14H11BrN2O3. The van der Waals surface area contributed by atoms with Crippen LogP contribution in [0.3, 0.4) is 0 Å². The van der Waals surface area contributed by atoms with Gasteiger partial charge in [0, 0.05) is 16.8 Å². The number of anilines is 1. The molecule has 0 aliphatic heterocycles. The second-order valence-electron chi connectivity index (χ2n) is 4.06. The fraction of sp³-hybridized carbons (Fsp3) is 0. The molecule has 0 aliphatic carbocycles. The van der Waals surface area contributed by atoms with Crippen LogP contribution in [0.5, 0.6) is 5.75 Å². The van der Waals surface area contributed by atoms with E-state index in [2.05, 4.69) is 21.2 Å².